The number of aromatic carboxylic acids is 1. The molecule has 0 spiro atoms. The molecule has 0 radical (unpaired) electrons. The average molecular weight is 348 g/mol. The Kier molecular flexibility index (Phi) is 4.34. The topological polar surface area (TPSA) is 83.5 Å². The van der Waals surface area contributed by atoms with Crippen LogP contribution in [0.2, 0.25) is 5.02 Å². The highest BCUT2D eigenvalue weighted by Crippen LogP contribution is 2.25. The van der Waals surface area contributed by atoms with E-state index < -0.39 is 43.8 Å². The number of hydrogen-bond acceptors (Lipinski definition) is 3. The summed E-state index contributed by atoms with van der Waals surface area (Å²) in [7, 11) is -4.38. The summed E-state index contributed by atoms with van der Waals surface area (Å²) in [4.78, 5) is 10.5. The third-order valence-corrected chi connectivity index (χ3v) is 4.35. The van der Waals surface area contributed by atoms with Crippen LogP contribution in [-0.4, -0.2) is 19.5 Å². The Bertz CT molecular complexity index is 835. The first kappa shape index (κ1) is 16.2. The monoisotopic (exact) mass is 347 g/mol. The molecule has 5 nitrogen and oxygen atoms in total. The van der Waals surface area contributed by atoms with Gasteiger partial charge in [-0.15, -0.1) is 0 Å². The molecule has 2 aromatic rings. The molecule has 116 valence electrons. The van der Waals surface area contributed by atoms with E-state index in [0.717, 1.165) is 36.4 Å². The Labute approximate surface area is 129 Å². The fraction of sp³-hybridized carbons (Fsp3) is 0. The van der Waals surface area contributed by atoms with Crippen molar-refractivity contribution in [2.24, 2.45) is 0 Å². The standard InChI is InChI=1S/C13H8ClF2NO4S/c14-9-5-4-7(6-8(9)13(18)19)22(20,21)17-12-10(15)2-1-3-11(12)16/h1-6,17H,(H,18,19). The van der Waals surface area contributed by atoms with Crippen LogP contribution in [0.5, 0.6) is 0 Å². The molecule has 0 fully saturated rings. The van der Waals surface area contributed by atoms with Crippen molar-refractivity contribution in [3.05, 3.63) is 58.6 Å². The first-order valence-corrected chi connectivity index (χ1v) is 7.58. The Morgan fingerprint density at radius 2 is 1.73 bits per heavy atom. The van der Waals surface area contributed by atoms with Gasteiger partial charge in [0.25, 0.3) is 10.0 Å². The van der Waals surface area contributed by atoms with Crippen LogP contribution >= 0.6 is 11.6 Å². The molecule has 0 aliphatic rings. The molecule has 0 saturated carbocycles. The first-order valence-electron chi connectivity index (χ1n) is 5.72. The maximum atomic E-state index is 13.5. The van der Waals surface area contributed by atoms with E-state index in [2.05, 4.69) is 0 Å². The molecule has 0 atom stereocenters. The van der Waals surface area contributed by atoms with Gasteiger partial charge >= 0.3 is 5.97 Å². The van der Waals surface area contributed by atoms with Gasteiger partial charge in [-0.3, -0.25) is 4.72 Å². The van der Waals surface area contributed by atoms with E-state index in [9.17, 15) is 22.0 Å². The molecule has 0 aromatic heterocycles. The van der Waals surface area contributed by atoms with Gasteiger partial charge < -0.3 is 5.11 Å². The number of rotatable bonds is 4. The molecule has 0 saturated heterocycles. The zero-order valence-electron chi connectivity index (χ0n) is 10.7. The molecule has 0 heterocycles. The number of carboxylic acid groups (broad SMARTS) is 1. The lowest BCUT2D eigenvalue weighted by Gasteiger charge is -2.10. The molecule has 9 heteroatoms. The van der Waals surface area contributed by atoms with E-state index in [-0.39, 0.29) is 5.02 Å². The largest absolute Gasteiger partial charge is 0.478 e. The summed E-state index contributed by atoms with van der Waals surface area (Å²) in [6.45, 7) is 0. The minimum absolute atomic E-state index is 0.163. The van der Waals surface area contributed by atoms with Gasteiger partial charge in [-0.05, 0) is 30.3 Å². The predicted octanol–water partition coefficient (Wildman–Crippen LogP) is 3.12. The molecular formula is C13H8ClF2NO4S. The Balaban J connectivity index is 2.48. The normalized spacial score (nSPS) is 11.2. The van der Waals surface area contributed by atoms with Crippen molar-refractivity contribution in [2.75, 3.05) is 4.72 Å². The first-order chi connectivity index (χ1) is 10.2. The number of halogens is 3. The molecule has 0 aliphatic carbocycles. The van der Waals surface area contributed by atoms with Gasteiger partial charge in [-0.1, -0.05) is 17.7 Å². The molecule has 0 unspecified atom stereocenters. The average Bonchev–Trinajstić information content (AvgIpc) is 2.43. The number of carboxylic acids is 1. The molecule has 2 aromatic carbocycles. The number of benzene rings is 2. The summed E-state index contributed by atoms with van der Waals surface area (Å²) >= 11 is 5.64. The zero-order valence-corrected chi connectivity index (χ0v) is 12.3. The summed E-state index contributed by atoms with van der Waals surface area (Å²) in [5, 5.41) is 8.75. The molecule has 22 heavy (non-hydrogen) atoms. The van der Waals surface area contributed by atoms with Crippen LogP contribution < -0.4 is 4.72 Å². The van der Waals surface area contributed by atoms with E-state index in [1.54, 1.807) is 4.72 Å². The van der Waals surface area contributed by atoms with Crippen molar-refractivity contribution in [3.63, 3.8) is 0 Å². The number of carbonyl (C=O) groups is 1. The fourth-order valence-corrected chi connectivity index (χ4v) is 2.92. The van der Waals surface area contributed by atoms with Gasteiger partial charge in [-0.2, -0.15) is 0 Å². The van der Waals surface area contributed by atoms with Gasteiger partial charge in [0.05, 0.1) is 15.5 Å². The van der Waals surface area contributed by atoms with Gasteiger partial charge in [0.15, 0.2) is 0 Å². The minimum Gasteiger partial charge on any atom is -0.478 e. The fourth-order valence-electron chi connectivity index (χ4n) is 1.62. The Hall–Kier alpha value is -2.19. The van der Waals surface area contributed by atoms with Gasteiger partial charge in [0.1, 0.15) is 17.3 Å². The van der Waals surface area contributed by atoms with Gasteiger partial charge in [-0.25, -0.2) is 22.0 Å². The maximum absolute atomic E-state index is 13.5. The SMILES string of the molecule is O=C(O)c1cc(S(=O)(=O)Nc2c(F)cccc2F)ccc1Cl. The third kappa shape index (κ3) is 3.18. The van der Waals surface area contributed by atoms with Crippen molar-refractivity contribution in [2.45, 2.75) is 4.90 Å². The summed E-state index contributed by atoms with van der Waals surface area (Å²) in [5.74, 6) is -3.63. The van der Waals surface area contributed by atoms with Crippen molar-refractivity contribution < 1.29 is 27.1 Å². The highest BCUT2D eigenvalue weighted by Gasteiger charge is 2.21. The van der Waals surface area contributed by atoms with E-state index in [1.165, 1.54) is 0 Å². The van der Waals surface area contributed by atoms with Crippen LogP contribution in [0.3, 0.4) is 0 Å². The smallest absolute Gasteiger partial charge is 0.337 e. The lowest BCUT2D eigenvalue weighted by molar-refractivity contribution is 0.0697. The van der Waals surface area contributed by atoms with E-state index in [1.807, 2.05) is 0 Å². The van der Waals surface area contributed by atoms with Crippen molar-refractivity contribution in [1.82, 2.24) is 0 Å². The highest BCUT2D eigenvalue weighted by molar-refractivity contribution is 7.92. The minimum atomic E-state index is -4.38. The third-order valence-electron chi connectivity index (χ3n) is 2.68. The molecule has 2 rings (SSSR count). The van der Waals surface area contributed by atoms with Gasteiger partial charge in [0, 0.05) is 0 Å². The number of para-hydroxylation sites is 1. The Morgan fingerprint density at radius 3 is 2.27 bits per heavy atom. The van der Waals surface area contributed by atoms with Crippen LogP contribution in [0.15, 0.2) is 41.3 Å². The summed E-state index contributed by atoms with van der Waals surface area (Å²) in [6.07, 6.45) is 0. The van der Waals surface area contributed by atoms with Crippen LogP contribution in [0.1, 0.15) is 10.4 Å². The quantitative estimate of drug-likeness (QED) is 0.890. The maximum Gasteiger partial charge on any atom is 0.337 e. The number of hydrogen-bond donors (Lipinski definition) is 2. The number of anilines is 1. The van der Waals surface area contributed by atoms with Gasteiger partial charge in [0.2, 0.25) is 0 Å². The van der Waals surface area contributed by atoms with E-state index >= 15 is 0 Å². The van der Waals surface area contributed by atoms with Crippen molar-refractivity contribution in [1.29, 1.82) is 0 Å². The second kappa shape index (κ2) is 5.90. The highest BCUT2D eigenvalue weighted by atomic mass is 35.5. The lowest BCUT2D eigenvalue weighted by atomic mass is 10.2. The molecular weight excluding hydrogens is 340 g/mol. The second-order valence-corrected chi connectivity index (χ2v) is 6.24. The number of sulfonamides is 1. The zero-order chi connectivity index (χ0) is 16.5. The van der Waals surface area contributed by atoms with E-state index in [4.69, 9.17) is 16.7 Å². The summed E-state index contributed by atoms with van der Waals surface area (Å²) < 4.78 is 52.9. The lowest BCUT2D eigenvalue weighted by Crippen LogP contribution is -2.16. The van der Waals surface area contributed by atoms with Crippen molar-refractivity contribution in [3.8, 4) is 0 Å². The molecule has 2 N–H and O–H groups in total. The van der Waals surface area contributed by atoms with Crippen molar-refractivity contribution >= 4 is 33.3 Å². The van der Waals surface area contributed by atoms with Crippen LogP contribution in [0.25, 0.3) is 0 Å². The predicted molar refractivity (Wildman–Crippen MR) is 75.6 cm³/mol. The second-order valence-electron chi connectivity index (χ2n) is 4.15. The van der Waals surface area contributed by atoms with Crippen LogP contribution in [-0.2, 0) is 10.0 Å². The van der Waals surface area contributed by atoms with Crippen LogP contribution in [0, 0.1) is 11.6 Å². The van der Waals surface area contributed by atoms with E-state index in [0.29, 0.717) is 0 Å². The number of nitrogens with one attached hydrogen (secondary N) is 1. The van der Waals surface area contributed by atoms with Crippen LogP contribution in [0.4, 0.5) is 14.5 Å². The summed E-state index contributed by atoms with van der Waals surface area (Å²) in [5.41, 5.74) is -1.30. The molecule has 0 bridgehead atoms. The summed E-state index contributed by atoms with van der Waals surface area (Å²) in [6, 6.07) is 5.73. The molecule has 0 amide bonds. The molecule has 0 aliphatic heterocycles. The Morgan fingerprint density at radius 1 is 1.14 bits per heavy atom.